The van der Waals surface area contributed by atoms with Gasteiger partial charge in [0.2, 0.25) is 0 Å². The van der Waals surface area contributed by atoms with Crippen molar-refractivity contribution in [1.82, 2.24) is 20.1 Å². The Kier molecular flexibility index (Phi) is 8.17. The van der Waals surface area contributed by atoms with Gasteiger partial charge < -0.3 is 10.1 Å². The molecule has 3 aromatic carbocycles. The van der Waals surface area contributed by atoms with Gasteiger partial charge in [0.1, 0.15) is 5.75 Å². The first-order valence-corrected chi connectivity index (χ1v) is 12.7. The van der Waals surface area contributed by atoms with Crippen molar-refractivity contribution in [2.45, 2.75) is 32.0 Å². The number of amides is 1. The Bertz CT molecular complexity index is 1350. The average Bonchev–Trinajstić information content (AvgIpc) is 3.32. The highest BCUT2D eigenvalue weighted by molar-refractivity contribution is 7.99. The van der Waals surface area contributed by atoms with Crippen LogP contribution in [0.5, 0.6) is 5.75 Å². The molecular weight excluding hydrogens is 472 g/mol. The van der Waals surface area contributed by atoms with E-state index in [1.807, 2.05) is 54.0 Å². The second kappa shape index (κ2) is 11.7. The molecular formula is C28H28N4O3S. The van der Waals surface area contributed by atoms with Crippen LogP contribution in [0.15, 0.2) is 78.0 Å². The Balaban J connectivity index is 1.61. The molecule has 0 aliphatic carbocycles. The van der Waals surface area contributed by atoms with Gasteiger partial charge in [-0.3, -0.25) is 14.2 Å². The number of ketones is 1. The number of carbonyl (C=O) groups is 2. The SMILES string of the molecule is CCc1cccc(C)c1-n1c(CNC(=O)c2ccc(OC)cc2)nnc1SCC(=O)c1ccccc1. The van der Waals surface area contributed by atoms with E-state index in [1.54, 1.807) is 31.4 Å². The summed E-state index contributed by atoms with van der Waals surface area (Å²) in [4.78, 5) is 25.5. The molecule has 0 saturated carbocycles. The van der Waals surface area contributed by atoms with Crippen LogP contribution >= 0.6 is 11.8 Å². The third kappa shape index (κ3) is 5.66. The molecule has 0 aliphatic rings. The minimum Gasteiger partial charge on any atom is -0.497 e. The summed E-state index contributed by atoms with van der Waals surface area (Å²) in [7, 11) is 1.58. The average molecular weight is 501 g/mol. The van der Waals surface area contributed by atoms with E-state index in [2.05, 4.69) is 28.5 Å². The van der Waals surface area contributed by atoms with Crippen molar-refractivity contribution in [1.29, 1.82) is 0 Å². The zero-order valence-electron chi connectivity index (χ0n) is 20.5. The molecule has 36 heavy (non-hydrogen) atoms. The lowest BCUT2D eigenvalue weighted by Gasteiger charge is -2.17. The quantitative estimate of drug-likeness (QED) is 0.242. The first-order chi connectivity index (χ1) is 17.5. The smallest absolute Gasteiger partial charge is 0.251 e. The van der Waals surface area contributed by atoms with Crippen LogP contribution in [0.1, 0.15) is 44.6 Å². The number of nitrogens with one attached hydrogen (secondary N) is 1. The number of aromatic nitrogens is 3. The number of ether oxygens (including phenoxy) is 1. The molecule has 184 valence electrons. The summed E-state index contributed by atoms with van der Waals surface area (Å²) in [6.45, 7) is 4.32. The lowest BCUT2D eigenvalue weighted by Crippen LogP contribution is -2.25. The van der Waals surface area contributed by atoms with Gasteiger partial charge in [-0.15, -0.1) is 10.2 Å². The van der Waals surface area contributed by atoms with Crippen molar-refractivity contribution in [3.05, 3.63) is 101 Å². The van der Waals surface area contributed by atoms with Gasteiger partial charge in [0.25, 0.3) is 5.91 Å². The molecule has 0 aliphatic heterocycles. The Labute approximate surface area is 214 Å². The van der Waals surface area contributed by atoms with Gasteiger partial charge in [0.15, 0.2) is 16.8 Å². The van der Waals surface area contributed by atoms with Gasteiger partial charge in [0, 0.05) is 11.1 Å². The highest BCUT2D eigenvalue weighted by Crippen LogP contribution is 2.28. The molecule has 0 fully saturated rings. The predicted octanol–water partition coefficient (Wildman–Crippen LogP) is 5.05. The van der Waals surface area contributed by atoms with Gasteiger partial charge in [-0.1, -0.05) is 67.2 Å². The number of thioether (sulfide) groups is 1. The summed E-state index contributed by atoms with van der Waals surface area (Å²) in [5.74, 6) is 1.31. The molecule has 0 spiro atoms. The number of carbonyl (C=O) groups excluding carboxylic acids is 2. The first-order valence-electron chi connectivity index (χ1n) is 11.7. The van der Waals surface area contributed by atoms with Gasteiger partial charge in [-0.05, 0) is 48.7 Å². The van der Waals surface area contributed by atoms with Crippen LogP contribution < -0.4 is 10.1 Å². The molecule has 1 aromatic heterocycles. The summed E-state index contributed by atoms with van der Waals surface area (Å²) < 4.78 is 7.13. The number of aryl methyl sites for hydroxylation is 2. The van der Waals surface area contributed by atoms with Crippen LogP contribution in [0.2, 0.25) is 0 Å². The van der Waals surface area contributed by atoms with E-state index in [0.29, 0.717) is 27.9 Å². The van der Waals surface area contributed by atoms with Crippen LogP contribution in [0.4, 0.5) is 0 Å². The third-order valence-electron chi connectivity index (χ3n) is 5.81. The molecule has 0 radical (unpaired) electrons. The molecule has 7 nitrogen and oxygen atoms in total. The van der Waals surface area contributed by atoms with Crippen LogP contribution in [0.3, 0.4) is 0 Å². The Morgan fingerprint density at radius 3 is 2.39 bits per heavy atom. The fourth-order valence-corrected chi connectivity index (χ4v) is 4.75. The third-order valence-corrected chi connectivity index (χ3v) is 6.74. The van der Waals surface area contributed by atoms with E-state index in [4.69, 9.17) is 4.74 Å². The zero-order valence-corrected chi connectivity index (χ0v) is 21.3. The van der Waals surface area contributed by atoms with E-state index in [1.165, 1.54) is 11.8 Å². The van der Waals surface area contributed by atoms with Crippen LogP contribution in [-0.4, -0.2) is 39.3 Å². The molecule has 0 bridgehead atoms. The van der Waals surface area contributed by atoms with Gasteiger partial charge in [0.05, 0.1) is 25.1 Å². The molecule has 4 aromatic rings. The monoisotopic (exact) mass is 500 g/mol. The first kappa shape index (κ1) is 25.2. The highest BCUT2D eigenvalue weighted by Gasteiger charge is 2.20. The number of hydrogen-bond acceptors (Lipinski definition) is 6. The highest BCUT2D eigenvalue weighted by atomic mass is 32.2. The van der Waals surface area contributed by atoms with Crippen molar-refractivity contribution < 1.29 is 14.3 Å². The van der Waals surface area contributed by atoms with Crippen LogP contribution in [0.25, 0.3) is 5.69 Å². The lowest BCUT2D eigenvalue weighted by molar-refractivity contribution is 0.0948. The summed E-state index contributed by atoms with van der Waals surface area (Å²) in [6.07, 6.45) is 0.819. The zero-order chi connectivity index (χ0) is 25.5. The molecule has 0 unspecified atom stereocenters. The van der Waals surface area contributed by atoms with Gasteiger partial charge in [-0.2, -0.15) is 0 Å². The summed E-state index contributed by atoms with van der Waals surface area (Å²) in [5, 5.41) is 12.4. The van der Waals surface area contributed by atoms with Crippen LogP contribution in [-0.2, 0) is 13.0 Å². The number of Topliss-reactive ketones (excluding diaryl/α,β-unsaturated/α-hetero) is 1. The minimum absolute atomic E-state index is 0.0185. The standard InChI is InChI=1S/C28H28N4O3S/c1-4-20-12-8-9-19(2)26(20)32-25(17-29-27(34)22-13-15-23(35-3)16-14-22)30-31-28(32)36-18-24(33)21-10-6-5-7-11-21/h5-16H,4,17-18H2,1-3H3,(H,29,34). The number of benzene rings is 3. The molecule has 4 rings (SSSR count). The Hall–Kier alpha value is -3.91. The van der Waals surface area contributed by atoms with E-state index < -0.39 is 0 Å². The second-order valence-electron chi connectivity index (χ2n) is 8.16. The van der Waals surface area contributed by atoms with E-state index >= 15 is 0 Å². The van der Waals surface area contributed by atoms with Crippen LogP contribution in [0, 0.1) is 6.92 Å². The van der Waals surface area contributed by atoms with Crippen molar-refractivity contribution >= 4 is 23.5 Å². The van der Waals surface area contributed by atoms with Crippen molar-refractivity contribution in [3.8, 4) is 11.4 Å². The van der Waals surface area contributed by atoms with Crippen molar-refractivity contribution in [3.63, 3.8) is 0 Å². The van der Waals surface area contributed by atoms with Gasteiger partial charge in [-0.25, -0.2) is 0 Å². The number of nitrogens with zero attached hydrogens (tertiary/aromatic N) is 3. The summed E-state index contributed by atoms with van der Waals surface area (Å²) >= 11 is 1.34. The van der Waals surface area contributed by atoms with Crippen molar-refractivity contribution in [2.75, 3.05) is 12.9 Å². The number of rotatable bonds is 10. The largest absolute Gasteiger partial charge is 0.497 e. The Morgan fingerprint density at radius 2 is 1.69 bits per heavy atom. The fourth-order valence-electron chi connectivity index (χ4n) is 3.90. The fraction of sp³-hybridized carbons (Fsp3) is 0.214. The van der Waals surface area contributed by atoms with Crippen molar-refractivity contribution in [2.24, 2.45) is 0 Å². The minimum atomic E-state index is -0.221. The molecule has 8 heteroatoms. The van der Waals surface area contributed by atoms with E-state index in [9.17, 15) is 9.59 Å². The van der Waals surface area contributed by atoms with E-state index in [-0.39, 0.29) is 24.0 Å². The van der Waals surface area contributed by atoms with E-state index in [0.717, 1.165) is 23.2 Å². The second-order valence-corrected chi connectivity index (χ2v) is 9.10. The lowest BCUT2D eigenvalue weighted by atomic mass is 10.1. The number of hydrogen-bond donors (Lipinski definition) is 1. The predicted molar refractivity (Wildman–Crippen MR) is 141 cm³/mol. The molecule has 0 saturated heterocycles. The molecule has 1 N–H and O–H groups in total. The molecule has 1 heterocycles. The van der Waals surface area contributed by atoms with Gasteiger partial charge >= 0.3 is 0 Å². The maximum atomic E-state index is 12.8. The molecule has 1 amide bonds. The topological polar surface area (TPSA) is 86.1 Å². The normalized spacial score (nSPS) is 10.8. The number of methoxy groups -OCH3 is 1. The molecule has 0 atom stereocenters. The summed E-state index contributed by atoms with van der Waals surface area (Å²) in [5.41, 5.74) is 4.36. The number of para-hydroxylation sites is 1. The summed E-state index contributed by atoms with van der Waals surface area (Å²) in [6, 6.07) is 22.3. The Morgan fingerprint density at radius 1 is 0.944 bits per heavy atom. The maximum absolute atomic E-state index is 12.8. The maximum Gasteiger partial charge on any atom is 0.251 e.